The smallest absolute Gasteiger partial charge is 0.0461 e. The predicted molar refractivity (Wildman–Crippen MR) is 35.3 cm³/mol. The summed E-state index contributed by atoms with van der Waals surface area (Å²) in [6.07, 6.45) is 2.29. The van der Waals surface area contributed by atoms with Crippen LogP contribution in [-0.2, 0) is 4.74 Å². The van der Waals surface area contributed by atoms with Crippen molar-refractivity contribution in [1.29, 1.82) is 0 Å². The maximum Gasteiger partial charge on any atom is 0.0461 e. The van der Waals surface area contributed by atoms with Crippen molar-refractivity contribution in [2.75, 3.05) is 27.3 Å². The minimum atomic E-state index is 0.871. The average Bonchev–Trinajstić information content (AvgIpc) is 1.81. The second kappa shape index (κ2) is 6.92. The molecule has 0 spiro atoms. The van der Waals surface area contributed by atoms with Crippen LogP contribution in [0.25, 0.3) is 5.32 Å². The van der Waals surface area contributed by atoms with Crippen molar-refractivity contribution < 1.29 is 4.74 Å². The maximum atomic E-state index is 4.85. The molecule has 0 bridgehead atoms. The molecule has 2 nitrogen and oxygen atoms in total. The third kappa shape index (κ3) is 5.92. The second-order valence-corrected chi connectivity index (χ2v) is 1.74. The van der Waals surface area contributed by atoms with E-state index in [0.29, 0.717) is 0 Å². The fourth-order valence-corrected chi connectivity index (χ4v) is 0.516. The van der Waals surface area contributed by atoms with Crippen molar-refractivity contribution in [3.8, 4) is 0 Å². The van der Waals surface area contributed by atoms with E-state index in [0.717, 1.165) is 26.0 Å². The lowest BCUT2D eigenvalue weighted by Gasteiger charge is -2.08. The number of nitrogens with zero attached hydrogens (tertiary/aromatic N) is 1. The molecule has 0 amide bonds. The molecule has 50 valence electrons. The van der Waals surface area contributed by atoms with E-state index in [1.807, 2.05) is 7.05 Å². The first-order valence-electron chi connectivity index (χ1n) is 2.96. The van der Waals surface area contributed by atoms with Crippen molar-refractivity contribution in [2.45, 2.75) is 12.8 Å². The number of unbranched alkanes of at least 4 members (excludes halogenated alkanes) is 1. The molecule has 0 saturated carbocycles. The summed E-state index contributed by atoms with van der Waals surface area (Å²) >= 11 is 0. The molecule has 0 aliphatic rings. The SMILES string of the molecule is C[N-]CCCCOC. The molecule has 8 heavy (non-hydrogen) atoms. The van der Waals surface area contributed by atoms with Crippen LogP contribution in [0, 0.1) is 0 Å². The van der Waals surface area contributed by atoms with Crippen LogP contribution in [0.2, 0.25) is 0 Å². The molecule has 2 heteroatoms. The lowest BCUT2D eigenvalue weighted by atomic mass is 10.3. The van der Waals surface area contributed by atoms with E-state index in [9.17, 15) is 0 Å². The summed E-state index contributed by atoms with van der Waals surface area (Å²) in [5, 5.41) is 3.95. The first kappa shape index (κ1) is 7.92. The van der Waals surface area contributed by atoms with Crippen molar-refractivity contribution in [3.63, 3.8) is 0 Å². The third-order valence-corrected chi connectivity index (χ3v) is 0.980. The highest BCUT2D eigenvalue weighted by Crippen LogP contribution is 1.91. The van der Waals surface area contributed by atoms with Gasteiger partial charge in [-0.15, -0.1) is 6.54 Å². The number of rotatable bonds is 5. The number of hydrogen-bond donors (Lipinski definition) is 0. The molecule has 0 aromatic heterocycles. The topological polar surface area (TPSA) is 23.3 Å². The van der Waals surface area contributed by atoms with Crippen molar-refractivity contribution in [2.24, 2.45) is 0 Å². The molecule has 0 N–H and O–H groups in total. The molecule has 0 unspecified atom stereocenters. The van der Waals surface area contributed by atoms with Gasteiger partial charge in [0.05, 0.1) is 0 Å². The van der Waals surface area contributed by atoms with E-state index >= 15 is 0 Å². The summed E-state index contributed by atoms with van der Waals surface area (Å²) in [4.78, 5) is 0. The minimum absolute atomic E-state index is 0.871. The van der Waals surface area contributed by atoms with Crippen LogP contribution >= 0.6 is 0 Å². The Labute approximate surface area is 51.2 Å². The van der Waals surface area contributed by atoms with Crippen molar-refractivity contribution in [3.05, 3.63) is 5.32 Å². The normalized spacial score (nSPS) is 9.75. The van der Waals surface area contributed by atoms with Crippen LogP contribution in [-0.4, -0.2) is 27.3 Å². The average molecular weight is 116 g/mol. The van der Waals surface area contributed by atoms with Gasteiger partial charge in [-0.05, 0) is 6.42 Å². The zero-order chi connectivity index (χ0) is 6.24. The van der Waals surface area contributed by atoms with Gasteiger partial charge in [0.2, 0.25) is 0 Å². The molecule has 0 saturated heterocycles. The van der Waals surface area contributed by atoms with Crippen LogP contribution < -0.4 is 0 Å². The highest BCUT2D eigenvalue weighted by molar-refractivity contribution is 4.67. The molecule has 0 radical (unpaired) electrons. The Morgan fingerprint density at radius 2 is 2.12 bits per heavy atom. The summed E-state index contributed by atoms with van der Waals surface area (Å²) < 4.78 is 4.85. The molecule has 0 heterocycles. The second-order valence-electron chi connectivity index (χ2n) is 1.74. The third-order valence-electron chi connectivity index (χ3n) is 0.980. The van der Waals surface area contributed by atoms with Gasteiger partial charge in [0, 0.05) is 13.7 Å². The summed E-state index contributed by atoms with van der Waals surface area (Å²) in [6.45, 7) is 1.85. The van der Waals surface area contributed by atoms with Gasteiger partial charge >= 0.3 is 0 Å². The standard InChI is InChI=1S/C6H14NO/c1-7-5-3-4-6-8-2/h3-6H2,1-2H3/q-1. The Hall–Kier alpha value is -0.0800. The van der Waals surface area contributed by atoms with E-state index in [2.05, 4.69) is 5.32 Å². The van der Waals surface area contributed by atoms with Gasteiger partial charge in [-0.3, -0.25) is 0 Å². The maximum absolute atomic E-state index is 4.85. The van der Waals surface area contributed by atoms with Crippen LogP contribution in [0.1, 0.15) is 12.8 Å². The largest absolute Gasteiger partial charge is 0.665 e. The highest BCUT2D eigenvalue weighted by Gasteiger charge is 1.78. The van der Waals surface area contributed by atoms with Crippen molar-refractivity contribution >= 4 is 0 Å². The van der Waals surface area contributed by atoms with E-state index in [-0.39, 0.29) is 0 Å². The number of ether oxygens (including phenoxy) is 1. The van der Waals surface area contributed by atoms with Gasteiger partial charge in [0.1, 0.15) is 0 Å². The van der Waals surface area contributed by atoms with Crippen LogP contribution in [0.5, 0.6) is 0 Å². The lowest BCUT2D eigenvalue weighted by molar-refractivity contribution is 0.194. The van der Waals surface area contributed by atoms with Crippen LogP contribution in [0.4, 0.5) is 0 Å². The fraction of sp³-hybridized carbons (Fsp3) is 1.00. The quantitative estimate of drug-likeness (QED) is 0.498. The molecule has 0 aliphatic carbocycles. The lowest BCUT2D eigenvalue weighted by Crippen LogP contribution is -1.90. The predicted octanol–water partition coefficient (Wildman–Crippen LogP) is 1.42. The molecular formula is C6H14NO-. The van der Waals surface area contributed by atoms with E-state index in [4.69, 9.17) is 4.74 Å². The molecule has 0 aromatic carbocycles. The molecular weight excluding hydrogens is 102 g/mol. The molecule has 0 atom stereocenters. The monoisotopic (exact) mass is 116 g/mol. The van der Waals surface area contributed by atoms with Crippen LogP contribution in [0.15, 0.2) is 0 Å². The van der Waals surface area contributed by atoms with E-state index < -0.39 is 0 Å². The Balaban J connectivity index is 2.53. The summed E-state index contributed by atoms with van der Waals surface area (Å²) in [7, 11) is 3.57. The number of methoxy groups -OCH3 is 1. The summed E-state index contributed by atoms with van der Waals surface area (Å²) in [5.41, 5.74) is 0. The highest BCUT2D eigenvalue weighted by atomic mass is 16.5. The van der Waals surface area contributed by atoms with Gasteiger partial charge in [-0.25, -0.2) is 0 Å². The Morgan fingerprint density at radius 1 is 1.38 bits per heavy atom. The summed E-state index contributed by atoms with van der Waals surface area (Å²) in [6, 6.07) is 0. The first-order valence-corrected chi connectivity index (χ1v) is 2.96. The van der Waals surface area contributed by atoms with Gasteiger partial charge in [-0.2, -0.15) is 7.05 Å². The van der Waals surface area contributed by atoms with Gasteiger partial charge in [-0.1, -0.05) is 6.42 Å². The number of hydrogen-bond acceptors (Lipinski definition) is 1. The zero-order valence-corrected chi connectivity index (χ0v) is 5.68. The van der Waals surface area contributed by atoms with Crippen LogP contribution in [0.3, 0.4) is 0 Å². The Morgan fingerprint density at radius 3 is 2.62 bits per heavy atom. The van der Waals surface area contributed by atoms with Gasteiger partial charge in [0.15, 0.2) is 0 Å². The molecule has 0 rings (SSSR count). The molecule has 0 fully saturated rings. The minimum Gasteiger partial charge on any atom is -0.665 e. The molecule has 0 aromatic rings. The zero-order valence-electron chi connectivity index (χ0n) is 5.68. The molecule has 0 aliphatic heterocycles. The Kier molecular flexibility index (Phi) is 6.85. The van der Waals surface area contributed by atoms with Crippen molar-refractivity contribution in [1.82, 2.24) is 0 Å². The fourth-order valence-electron chi connectivity index (χ4n) is 0.516. The Bertz CT molecular complexity index is 33.5. The summed E-state index contributed by atoms with van der Waals surface area (Å²) in [5.74, 6) is 0. The van der Waals surface area contributed by atoms with Gasteiger partial charge < -0.3 is 10.1 Å². The van der Waals surface area contributed by atoms with Gasteiger partial charge in [0.25, 0.3) is 0 Å². The van der Waals surface area contributed by atoms with E-state index in [1.165, 1.54) is 0 Å². The first-order chi connectivity index (χ1) is 3.91. The van der Waals surface area contributed by atoms with E-state index in [1.54, 1.807) is 7.11 Å².